The number of imidazole rings is 1. The maximum atomic E-state index is 12.5. The number of carbonyl (C=O) groups excluding carboxylic acids is 3. The van der Waals surface area contributed by atoms with Gasteiger partial charge in [-0.25, -0.2) is 9.78 Å². The number of fused-ring (bicyclic) bond motifs is 1. The number of aromatic amines is 1. The maximum Gasteiger partial charge on any atom is 0.318 e. The molecule has 2 heterocycles. The average molecular weight is 358 g/mol. The van der Waals surface area contributed by atoms with Gasteiger partial charge in [0.2, 0.25) is 11.8 Å². The third-order valence-electron chi connectivity index (χ3n) is 4.33. The molecular formula is C17H22N6O3. The minimum atomic E-state index is -0.796. The Labute approximate surface area is 150 Å². The van der Waals surface area contributed by atoms with Gasteiger partial charge in [0, 0.05) is 33.1 Å². The SMILES string of the molecule is CNC(=O)CC1C(=O)NCCN1C(=O)NCCc1nc2ccccc2[nH]1. The van der Waals surface area contributed by atoms with Crippen LogP contribution in [0.4, 0.5) is 4.79 Å². The summed E-state index contributed by atoms with van der Waals surface area (Å²) in [4.78, 5) is 45.2. The number of rotatable bonds is 5. The lowest BCUT2D eigenvalue weighted by Crippen LogP contribution is -2.60. The van der Waals surface area contributed by atoms with Crippen LogP contribution in [0.1, 0.15) is 12.2 Å². The zero-order chi connectivity index (χ0) is 18.5. The monoisotopic (exact) mass is 358 g/mol. The lowest BCUT2D eigenvalue weighted by atomic mass is 10.1. The van der Waals surface area contributed by atoms with Gasteiger partial charge >= 0.3 is 6.03 Å². The fraction of sp³-hybridized carbons (Fsp3) is 0.412. The standard InChI is InChI=1S/C17H22N6O3/c1-18-15(24)10-13-16(25)19-8-9-23(13)17(26)20-7-6-14-21-11-4-2-3-5-12(11)22-14/h2-5,13H,6-10H2,1H3,(H,18,24)(H,19,25)(H,20,26)(H,21,22). The number of piperazine rings is 1. The number of hydrogen-bond donors (Lipinski definition) is 4. The summed E-state index contributed by atoms with van der Waals surface area (Å²) in [6.45, 7) is 1.12. The molecule has 0 radical (unpaired) electrons. The van der Waals surface area contributed by atoms with Gasteiger partial charge in [-0.3, -0.25) is 9.59 Å². The molecule has 1 unspecified atom stereocenters. The second-order valence-corrected chi connectivity index (χ2v) is 6.06. The molecule has 0 aliphatic carbocycles. The van der Waals surface area contributed by atoms with E-state index in [0.29, 0.717) is 26.1 Å². The van der Waals surface area contributed by atoms with Crippen LogP contribution in [0.15, 0.2) is 24.3 Å². The van der Waals surface area contributed by atoms with Crippen LogP contribution in [0, 0.1) is 0 Å². The molecule has 1 saturated heterocycles. The fourth-order valence-corrected chi connectivity index (χ4v) is 2.95. The molecule has 1 fully saturated rings. The van der Waals surface area contributed by atoms with Gasteiger partial charge < -0.3 is 25.8 Å². The van der Waals surface area contributed by atoms with E-state index in [1.165, 1.54) is 11.9 Å². The molecule has 2 aromatic rings. The molecular weight excluding hydrogens is 336 g/mol. The van der Waals surface area contributed by atoms with Gasteiger partial charge in [0.05, 0.1) is 17.5 Å². The van der Waals surface area contributed by atoms with Gasteiger partial charge in [0.15, 0.2) is 0 Å². The molecule has 1 aromatic heterocycles. The van der Waals surface area contributed by atoms with Crippen LogP contribution >= 0.6 is 0 Å². The van der Waals surface area contributed by atoms with Crippen LogP contribution in [0.25, 0.3) is 11.0 Å². The average Bonchev–Trinajstić information content (AvgIpc) is 3.05. The Morgan fingerprint density at radius 1 is 1.35 bits per heavy atom. The van der Waals surface area contributed by atoms with E-state index < -0.39 is 6.04 Å². The summed E-state index contributed by atoms with van der Waals surface area (Å²) in [5, 5.41) is 7.97. The number of urea groups is 1. The predicted octanol–water partition coefficient (Wildman–Crippen LogP) is -0.248. The molecule has 0 saturated carbocycles. The van der Waals surface area contributed by atoms with E-state index in [-0.39, 0.29) is 24.3 Å². The third kappa shape index (κ3) is 3.93. The lowest BCUT2D eigenvalue weighted by Gasteiger charge is -2.34. The highest BCUT2D eigenvalue weighted by atomic mass is 16.2. The van der Waals surface area contributed by atoms with Crippen molar-refractivity contribution in [3.05, 3.63) is 30.1 Å². The molecule has 0 spiro atoms. The van der Waals surface area contributed by atoms with Crippen molar-refractivity contribution in [3.63, 3.8) is 0 Å². The van der Waals surface area contributed by atoms with Crippen molar-refractivity contribution in [2.75, 3.05) is 26.7 Å². The van der Waals surface area contributed by atoms with Crippen LogP contribution < -0.4 is 16.0 Å². The molecule has 1 aliphatic rings. The Kier molecular flexibility index (Phi) is 5.35. The highest BCUT2D eigenvalue weighted by molar-refractivity contribution is 5.92. The Bertz CT molecular complexity index is 785. The quantitative estimate of drug-likeness (QED) is 0.589. The van der Waals surface area contributed by atoms with Crippen molar-refractivity contribution in [2.45, 2.75) is 18.9 Å². The first kappa shape index (κ1) is 17.7. The highest BCUT2D eigenvalue weighted by Gasteiger charge is 2.34. The highest BCUT2D eigenvalue weighted by Crippen LogP contribution is 2.11. The van der Waals surface area contributed by atoms with Crippen molar-refractivity contribution >= 4 is 28.9 Å². The largest absolute Gasteiger partial charge is 0.359 e. The number of nitrogens with one attached hydrogen (secondary N) is 4. The van der Waals surface area contributed by atoms with Crippen LogP contribution in [0.5, 0.6) is 0 Å². The maximum absolute atomic E-state index is 12.5. The molecule has 1 aromatic carbocycles. The van der Waals surface area contributed by atoms with Crippen LogP contribution in [-0.4, -0.2) is 65.4 Å². The van der Waals surface area contributed by atoms with Gasteiger partial charge in [-0.15, -0.1) is 0 Å². The summed E-state index contributed by atoms with van der Waals surface area (Å²) in [5.41, 5.74) is 1.83. The number of hydrogen-bond acceptors (Lipinski definition) is 4. The minimum absolute atomic E-state index is 0.0562. The predicted molar refractivity (Wildman–Crippen MR) is 95.4 cm³/mol. The molecule has 9 nitrogen and oxygen atoms in total. The molecule has 4 amide bonds. The Morgan fingerprint density at radius 2 is 2.15 bits per heavy atom. The Hall–Kier alpha value is -3.10. The van der Waals surface area contributed by atoms with Crippen LogP contribution in [-0.2, 0) is 16.0 Å². The van der Waals surface area contributed by atoms with Gasteiger partial charge in [-0.05, 0) is 12.1 Å². The van der Waals surface area contributed by atoms with Crippen molar-refractivity contribution in [1.29, 1.82) is 0 Å². The van der Waals surface area contributed by atoms with E-state index >= 15 is 0 Å². The number of aromatic nitrogens is 2. The molecule has 3 rings (SSSR count). The fourth-order valence-electron chi connectivity index (χ4n) is 2.95. The molecule has 1 atom stereocenters. The van der Waals surface area contributed by atoms with Gasteiger partial charge in [-0.2, -0.15) is 0 Å². The first-order chi connectivity index (χ1) is 12.6. The van der Waals surface area contributed by atoms with E-state index in [0.717, 1.165) is 16.9 Å². The van der Waals surface area contributed by atoms with Gasteiger partial charge in [-0.1, -0.05) is 12.1 Å². The summed E-state index contributed by atoms with van der Waals surface area (Å²) in [6, 6.07) is 6.56. The smallest absolute Gasteiger partial charge is 0.318 e. The normalized spacial score (nSPS) is 17.0. The number of nitrogens with zero attached hydrogens (tertiary/aromatic N) is 2. The summed E-state index contributed by atoms with van der Waals surface area (Å²) in [6.07, 6.45) is 0.486. The second-order valence-electron chi connectivity index (χ2n) is 6.06. The number of para-hydroxylation sites is 2. The first-order valence-corrected chi connectivity index (χ1v) is 8.55. The van der Waals surface area contributed by atoms with E-state index in [4.69, 9.17) is 0 Å². The summed E-state index contributed by atoms with van der Waals surface area (Å²) in [7, 11) is 1.50. The molecule has 4 N–H and O–H groups in total. The van der Waals surface area contributed by atoms with Crippen molar-refractivity contribution in [3.8, 4) is 0 Å². The Morgan fingerprint density at radius 3 is 2.92 bits per heavy atom. The number of H-pyrrole nitrogens is 1. The third-order valence-corrected chi connectivity index (χ3v) is 4.33. The molecule has 0 bridgehead atoms. The van der Waals surface area contributed by atoms with Crippen LogP contribution in [0.2, 0.25) is 0 Å². The lowest BCUT2D eigenvalue weighted by molar-refractivity contribution is -0.132. The van der Waals surface area contributed by atoms with Crippen LogP contribution in [0.3, 0.4) is 0 Å². The van der Waals surface area contributed by atoms with E-state index in [1.807, 2.05) is 24.3 Å². The molecule has 9 heteroatoms. The molecule has 26 heavy (non-hydrogen) atoms. The second kappa shape index (κ2) is 7.85. The van der Waals surface area contributed by atoms with E-state index in [2.05, 4.69) is 25.9 Å². The van der Waals surface area contributed by atoms with Crippen molar-refractivity contribution in [2.24, 2.45) is 0 Å². The zero-order valence-electron chi connectivity index (χ0n) is 14.5. The van der Waals surface area contributed by atoms with Crippen molar-refractivity contribution in [1.82, 2.24) is 30.8 Å². The van der Waals surface area contributed by atoms with E-state index in [1.54, 1.807) is 0 Å². The molecule has 1 aliphatic heterocycles. The topological polar surface area (TPSA) is 119 Å². The summed E-state index contributed by atoms with van der Waals surface area (Å²) >= 11 is 0. The summed E-state index contributed by atoms with van der Waals surface area (Å²) in [5.74, 6) is 0.184. The zero-order valence-corrected chi connectivity index (χ0v) is 14.5. The number of carbonyl (C=O) groups is 3. The minimum Gasteiger partial charge on any atom is -0.359 e. The van der Waals surface area contributed by atoms with Gasteiger partial charge in [0.1, 0.15) is 11.9 Å². The van der Waals surface area contributed by atoms with E-state index in [9.17, 15) is 14.4 Å². The van der Waals surface area contributed by atoms with Gasteiger partial charge in [0.25, 0.3) is 0 Å². The molecule has 138 valence electrons. The first-order valence-electron chi connectivity index (χ1n) is 8.55. The number of benzene rings is 1. The van der Waals surface area contributed by atoms with Crippen molar-refractivity contribution < 1.29 is 14.4 Å². The summed E-state index contributed by atoms with van der Waals surface area (Å²) < 4.78 is 0. The Balaban J connectivity index is 1.57. The number of amides is 4.